The molecule has 2 rings (SSSR count). The van der Waals surface area contributed by atoms with Gasteiger partial charge in [-0.05, 0) is 30.3 Å². The van der Waals surface area contributed by atoms with E-state index in [4.69, 9.17) is 16.7 Å². The van der Waals surface area contributed by atoms with Gasteiger partial charge in [-0.1, -0.05) is 29.4 Å². The third-order valence-corrected chi connectivity index (χ3v) is 3.37. The predicted octanol–water partition coefficient (Wildman–Crippen LogP) is 3.38. The second-order valence-electron chi connectivity index (χ2n) is 3.18. The van der Waals surface area contributed by atoms with Gasteiger partial charge in [-0.25, -0.2) is 4.98 Å². The molecule has 4 heteroatoms. The van der Waals surface area contributed by atoms with Crippen molar-refractivity contribution in [3.05, 3.63) is 53.2 Å². The summed E-state index contributed by atoms with van der Waals surface area (Å²) in [6.45, 7) is 0.00373. The molecule has 2 aromatic rings. The highest BCUT2D eigenvalue weighted by Gasteiger charge is 2.04. The van der Waals surface area contributed by atoms with Gasteiger partial charge in [-0.2, -0.15) is 0 Å². The summed E-state index contributed by atoms with van der Waals surface area (Å²) in [4.78, 5) is 5.29. The highest BCUT2D eigenvalue weighted by atomic mass is 35.5. The molecule has 0 bridgehead atoms. The lowest BCUT2D eigenvalue weighted by molar-refractivity contribution is 0.278. The molecule has 1 heterocycles. The monoisotopic (exact) mass is 251 g/mol. The minimum atomic E-state index is 0.00373. The van der Waals surface area contributed by atoms with E-state index >= 15 is 0 Å². The number of aromatic nitrogens is 1. The summed E-state index contributed by atoms with van der Waals surface area (Å²) in [5.41, 5.74) is 0.836. The Morgan fingerprint density at radius 2 is 1.94 bits per heavy atom. The van der Waals surface area contributed by atoms with Gasteiger partial charge in [0.05, 0.1) is 6.61 Å². The van der Waals surface area contributed by atoms with E-state index in [9.17, 15) is 0 Å². The number of benzene rings is 1. The van der Waals surface area contributed by atoms with Gasteiger partial charge in [0, 0.05) is 21.7 Å². The third kappa shape index (κ3) is 2.76. The molecule has 0 amide bonds. The molecular weight excluding hydrogens is 242 g/mol. The van der Waals surface area contributed by atoms with E-state index in [0.717, 1.165) is 15.5 Å². The van der Waals surface area contributed by atoms with Gasteiger partial charge in [-0.3, -0.25) is 0 Å². The van der Waals surface area contributed by atoms with Gasteiger partial charge in [-0.15, -0.1) is 0 Å². The average Bonchev–Trinajstić information content (AvgIpc) is 2.33. The van der Waals surface area contributed by atoms with Crippen LogP contribution in [0.15, 0.2) is 52.5 Å². The lowest BCUT2D eigenvalue weighted by Gasteiger charge is -2.05. The lowest BCUT2D eigenvalue weighted by atomic mass is 10.3. The standard InChI is InChI=1S/C12H10ClNOS/c13-10-3-5-11(6-4-10)16-12-9(8-15)2-1-7-14-12/h1-7,15H,8H2. The molecule has 1 N–H and O–H groups in total. The fourth-order valence-corrected chi connectivity index (χ4v) is 2.25. The molecule has 2 nitrogen and oxygen atoms in total. The van der Waals surface area contributed by atoms with E-state index in [1.165, 1.54) is 11.8 Å². The minimum Gasteiger partial charge on any atom is -0.392 e. The van der Waals surface area contributed by atoms with Crippen LogP contribution in [-0.4, -0.2) is 10.1 Å². The van der Waals surface area contributed by atoms with Gasteiger partial charge in [0.2, 0.25) is 0 Å². The second kappa shape index (κ2) is 5.34. The Kier molecular flexibility index (Phi) is 3.83. The zero-order chi connectivity index (χ0) is 11.4. The van der Waals surface area contributed by atoms with Gasteiger partial charge in [0.15, 0.2) is 0 Å². The Bertz CT molecular complexity index is 473. The summed E-state index contributed by atoms with van der Waals surface area (Å²) < 4.78 is 0. The van der Waals surface area contributed by atoms with Crippen LogP contribution < -0.4 is 0 Å². The van der Waals surface area contributed by atoms with Crippen LogP contribution in [0.1, 0.15) is 5.56 Å². The smallest absolute Gasteiger partial charge is 0.106 e. The largest absolute Gasteiger partial charge is 0.392 e. The van der Waals surface area contributed by atoms with E-state index in [1.54, 1.807) is 6.20 Å². The van der Waals surface area contributed by atoms with E-state index in [2.05, 4.69) is 4.98 Å². The molecule has 82 valence electrons. The maximum absolute atomic E-state index is 9.17. The van der Waals surface area contributed by atoms with Crippen LogP contribution in [0, 0.1) is 0 Å². The van der Waals surface area contributed by atoms with Crippen LogP contribution in [-0.2, 0) is 6.61 Å². The first-order chi connectivity index (χ1) is 7.79. The fourth-order valence-electron chi connectivity index (χ4n) is 1.25. The Labute approximate surface area is 103 Å². The molecule has 0 fully saturated rings. The summed E-state index contributed by atoms with van der Waals surface area (Å²) in [6, 6.07) is 11.2. The van der Waals surface area contributed by atoms with E-state index in [1.807, 2.05) is 36.4 Å². The van der Waals surface area contributed by atoms with Crippen LogP contribution in [0.2, 0.25) is 5.02 Å². The summed E-state index contributed by atoms with van der Waals surface area (Å²) in [5, 5.41) is 10.7. The number of aliphatic hydroxyl groups excluding tert-OH is 1. The highest BCUT2D eigenvalue weighted by Crippen LogP contribution is 2.29. The third-order valence-electron chi connectivity index (χ3n) is 2.05. The Hall–Kier alpha value is -1.03. The molecule has 0 unspecified atom stereocenters. The summed E-state index contributed by atoms with van der Waals surface area (Å²) in [5.74, 6) is 0. The van der Waals surface area contributed by atoms with Crippen molar-refractivity contribution in [2.45, 2.75) is 16.5 Å². The molecule has 0 saturated carbocycles. The van der Waals surface area contributed by atoms with Crippen molar-refractivity contribution in [2.75, 3.05) is 0 Å². The Morgan fingerprint density at radius 3 is 2.62 bits per heavy atom. The number of hydrogen-bond donors (Lipinski definition) is 1. The maximum atomic E-state index is 9.17. The first kappa shape index (κ1) is 11.5. The van der Waals surface area contributed by atoms with E-state index in [0.29, 0.717) is 5.02 Å². The molecule has 0 aliphatic carbocycles. The van der Waals surface area contributed by atoms with E-state index < -0.39 is 0 Å². The van der Waals surface area contributed by atoms with Gasteiger partial charge < -0.3 is 5.11 Å². The number of nitrogens with zero attached hydrogens (tertiary/aromatic N) is 1. The quantitative estimate of drug-likeness (QED) is 0.908. The fraction of sp³-hybridized carbons (Fsp3) is 0.0833. The molecule has 0 aliphatic heterocycles. The second-order valence-corrected chi connectivity index (χ2v) is 4.68. The highest BCUT2D eigenvalue weighted by molar-refractivity contribution is 7.99. The Morgan fingerprint density at radius 1 is 1.19 bits per heavy atom. The zero-order valence-corrected chi connectivity index (χ0v) is 10.0. The van der Waals surface area contributed by atoms with Gasteiger partial charge >= 0.3 is 0 Å². The van der Waals surface area contributed by atoms with Crippen LogP contribution in [0.5, 0.6) is 0 Å². The first-order valence-corrected chi connectivity index (χ1v) is 5.97. The minimum absolute atomic E-state index is 0.00373. The molecule has 0 atom stereocenters. The van der Waals surface area contributed by atoms with Crippen molar-refractivity contribution < 1.29 is 5.11 Å². The SMILES string of the molecule is OCc1cccnc1Sc1ccc(Cl)cc1. The van der Waals surface area contributed by atoms with Crippen LogP contribution >= 0.6 is 23.4 Å². The summed E-state index contributed by atoms with van der Waals surface area (Å²) in [7, 11) is 0. The molecule has 1 aromatic heterocycles. The van der Waals surface area contributed by atoms with Crippen molar-refractivity contribution in [2.24, 2.45) is 0 Å². The van der Waals surface area contributed by atoms with Crippen molar-refractivity contribution >= 4 is 23.4 Å². The van der Waals surface area contributed by atoms with Crippen molar-refractivity contribution in [3.63, 3.8) is 0 Å². The topological polar surface area (TPSA) is 33.1 Å². The van der Waals surface area contributed by atoms with E-state index in [-0.39, 0.29) is 6.61 Å². The maximum Gasteiger partial charge on any atom is 0.106 e. The molecule has 0 aliphatic rings. The summed E-state index contributed by atoms with van der Waals surface area (Å²) >= 11 is 7.33. The first-order valence-electron chi connectivity index (χ1n) is 4.78. The molecule has 0 saturated heterocycles. The number of hydrogen-bond acceptors (Lipinski definition) is 3. The number of rotatable bonds is 3. The average molecular weight is 252 g/mol. The predicted molar refractivity (Wildman–Crippen MR) is 65.7 cm³/mol. The number of halogens is 1. The van der Waals surface area contributed by atoms with Crippen LogP contribution in [0.4, 0.5) is 0 Å². The molecule has 16 heavy (non-hydrogen) atoms. The summed E-state index contributed by atoms with van der Waals surface area (Å²) in [6.07, 6.45) is 1.72. The van der Waals surface area contributed by atoms with Crippen LogP contribution in [0.25, 0.3) is 0 Å². The van der Waals surface area contributed by atoms with Gasteiger partial charge in [0.1, 0.15) is 5.03 Å². The van der Waals surface area contributed by atoms with Crippen molar-refractivity contribution in [1.29, 1.82) is 0 Å². The molecule has 1 aromatic carbocycles. The van der Waals surface area contributed by atoms with Gasteiger partial charge in [0.25, 0.3) is 0 Å². The molecule has 0 spiro atoms. The Balaban J connectivity index is 2.23. The molecule has 0 radical (unpaired) electrons. The van der Waals surface area contributed by atoms with Crippen LogP contribution in [0.3, 0.4) is 0 Å². The van der Waals surface area contributed by atoms with Crippen molar-refractivity contribution in [1.82, 2.24) is 4.98 Å². The lowest BCUT2D eigenvalue weighted by Crippen LogP contribution is -1.89. The number of pyridine rings is 1. The van der Waals surface area contributed by atoms with Crippen molar-refractivity contribution in [3.8, 4) is 0 Å². The molecular formula is C12H10ClNOS. The normalized spacial score (nSPS) is 10.4. The number of aliphatic hydroxyl groups is 1. The zero-order valence-electron chi connectivity index (χ0n) is 8.43.